The number of hydrogen-bond acceptors (Lipinski definition) is 6. The van der Waals surface area contributed by atoms with Crippen LogP contribution in [0.25, 0.3) is 11.3 Å². The molecule has 1 aliphatic heterocycles. The Kier molecular flexibility index (Phi) is 15.7. The van der Waals surface area contributed by atoms with Crippen LogP contribution < -0.4 is 10.5 Å². The van der Waals surface area contributed by atoms with Gasteiger partial charge < -0.3 is 15.1 Å². The van der Waals surface area contributed by atoms with Gasteiger partial charge in [-0.2, -0.15) is 0 Å². The van der Waals surface area contributed by atoms with E-state index in [0.717, 1.165) is 49.2 Å². The number of carbonyl (C=O) groups is 2. The van der Waals surface area contributed by atoms with Crippen molar-refractivity contribution in [1.82, 2.24) is 20.1 Å². The van der Waals surface area contributed by atoms with Gasteiger partial charge in [-0.05, 0) is 92.2 Å². The highest BCUT2D eigenvalue weighted by atomic mass is 35.5. The number of rotatable bonds is 15. The van der Waals surface area contributed by atoms with Crippen LogP contribution in [-0.4, -0.2) is 67.7 Å². The summed E-state index contributed by atoms with van der Waals surface area (Å²) in [7, 11) is -3.77. The molecule has 5 rings (SSSR count). The molecule has 1 aromatic heterocycles. The standard InChI is InChI=1S/C37H43N5O4S.2ClH/c38-47(45,46)34-16-14-30(15-17-34)19-24-42(36(43)13-7-10-29-8-2-1-3-9-29)28-31-11-6-12-32(26-31)35-27-33(18-20-39-35)37(44)40-21-25-41-22-4-5-23-41;;/h1-3,6,8-9,11-12,14-18,20,26-27H,4-5,7,10,13,19,21-25,28H2,(H,40,44)(H2,38,45,46);2*1H. The lowest BCUT2D eigenvalue weighted by atomic mass is 10.0. The number of likely N-dealkylation sites (tertiary alicyclic amines) is 1. The number of nitrogens with one attached hydrogen (secondary N) is 1. The van der Waals surface area contributed by atoms with E-state index in [4.69, 9.17) is 5.14 Å². The molecule has 1 saturated heterocycles. The lowest BCUT2D eigenvalue weighted by Crippen LogP contribution is -2.33. The SMILES string of the molecule is Cl.Cl.NS(=O)(=O)c1ccc(CCN(Cc2cccc(-c3cc(C(=O)NCCN4CCCC4)ccn3)c2)C(=O)CCCc2ccccc2)cc1. The summed E-state index contributed by atoms with van der Waals surface area (Å²) in [5.74, 6) is -0.0633. The Morgan fingerprint density at radius 2 is 1.53 bits per heavy atom. The molecule has 2 amide bonds. The molecule has 2 heterocycles. The van der Waals surface area contributed by atoms with Crippen molar-refractivity contribution in [3.05, 3.63) is 119 Å². The molecule has 0 unspecified atom stereocenters. The monoisotopic (exact) mass is 725 g/mol. The second kappa shape index (κ2) is 19.4. The normalized spacial score (nSPS) is 12.8. The maximum absolute atomic E-state index is 13.6. The molecule has 1 fully saturated rings. The summed E-state index contributed by atoms with van der Waals surface area (Å²) in [5.41, 5.74) is 5.17. The van der Waals surface area contributed by atoms with Gasteiger partial charge in [0.05, 0.1) is 10.6 Å². The van der Waals surface area contributed by atoms with Gasteiger partial charge in [-0.3, -0.25) is 14.6 Å². The molecule has 0 atom stereocenters. The van der Waals surface area contributed by atoms with Gasteiger partial charge >= 0.3 is 0 Å². The van der Waals surface area contributed by atoms with Gasteiger partial charge in [-0.15, -0.1) is 24.8 Å². The van der Waals surface area contributed by atoms with E-state index in [-0.39, 0.29) is 41.5 Å². The van der Waals surface area contributed by atoms with Crippen LogP contribution in [0, 0.1) is 0 Å². The first-order chi connectivity index (χ1) is 22.7. The van der Waals surface area contributed by atoms with Gasteiger partial charge in [0, 0.05) is 49.9 Å². The number of primary sulfonamides is 1. The van der Waals surface area contributed by atoms with Crippen molar-refractivity contribution < 1.29 is 18.0 Å². The highest BCUT2D eigenvalue weighted by Crippen LogP contribution is 2.21. The fourth-order valence-corrected chi connectivity index (χ4v) is 6.38. The van der Waals surface area contributed by atoms with Gasteiger partial charge in [-0.25, -0.2) is 13.6 Å². The number of hydrogen-bond donors (Lipinski definition) is 2. The number of amides is 2. The largest absolute Gasteiger partial charge is 0.351 e. The van der Waals surface area contributed by atoms with Crippen LogP contribution in [0.2, 0.25) is 0 Å². The molecule has 262 valence electrons. The van der Waals surface area contributed by atoms with Gasteiger partial charge in [0.1, 0.15) is 0 Å². The smallest absolute Gasteiger partial charge is 0.251 e. The first-order valence-corrected chi connectivity index (χ1v) is 17.8. The van der Waals surface area contributed by atoms with E-state index in [1.165, 1.54) is 30.5 Å². The molecule has 0 spiro atoms. The molecule has 0 aliphatic carbocycles. The zero-order valence-corrected chi connectivity index (χ0v) is 29.9. The van der Waals surface area contributed by atoms with Gasteiger partial charge in [0.15, 0.2) is 0 Å². The molecule has 4 aromatic rings. The average Bonchev–Trinajstić information content (AvgIpc) is 3.61. The predicted molar refractivity (Wildman–Crippen MR) is 198 cm³/mol. The van der Waals surface area contributed by atoms with Crippen molar-refractivity contribution in [2.24, 2.45) is 5.14 Å². The summed E-state index contributed by atoms with van der Waals surface area (Å²) >= 11 is 0. The maximum Gasteiger partial charge on any atom is 0.251 e. The van der Waals surface area contributed by atoms with E-state index in [1.54, 1.807) is 24.4 Å². The zero-order valence-electron chi connectivity index (χ0n) is 27.5. The van der Waals surface area contributed by atoms with Crippen molar-refractivity contribution in [2.45, 2.75) is 50.0 Å². The molecule has 9 nitrogen and oxygen atoms in total. The van der Waals surface area contributed by atoms with Crippen molar-refractivity contribution in [1.29, 1.82) is 0 Å². The highest BCUT2D eigenvalue weighted by Gasteiger charge is 2.17. The Hall–Kier alpha value is -3.80. The molecule has 3 aromatic carbocycles. The number of carbonyl (C=O) groups excluding carboxylic acids is 2. The highest BCUT2D eigenvalue weighted by molar-refractivity contribution is 7.89. The zero-order chi connectivity index (χ0) is 33.1. The fourth-order valence-electron chi connectivity index (χ4n) is 5.86. The second-order valence-corrected chi connectivity index (χ2v) is 13.6. The third kappa shape index (κ3) is 12.2. The predicted octanol–water partition coefficient (Wildman–Crippen LogP) is 5.66. The van der Waals surface area contributed by atoms with Crippen LogP contribution >= 0.6 is 24.8 Å². The number of nitrogens with zero attached hydrogens (tertiary/aromatic N) is 3. The summed E-state index contributed by atoms with van der Waals surface area (Å²) in [4.78, 5) is 35.3. The Balaban J connectivity index is 0.00000325. The Morgan fingerprint density at radius 3 is 2.24 bits per heavy atom. The van der Waals surface area contributed by atoms with E-state index in [0.29, 0.717) is 43.7 Å². The Morgan fingerprint density at radius 1 is 0.837 bits per heavy atom. The van der Waals surface area contributed by atoms with Crippen LogP contribution in [0.15, 0.2) is 102 Å². The molecule has 1 aliphatic rings. The number of aryl methyl sites for hydroxylation is 1. The van der Waals surface area contributed by atoms with Crippen LogP contribution in [-0.2, 0) is 34.2 Å². The van der Waals surface area contributed by atoms with Crippen molar-refractivity contribution in [2.75, 3.05) is 32.7 Å². The number of sulfonamides is 1. The molecular formula is C37H45Cl2N5O4S. The van der Waals surface area contributed by atoms with Crippen LogP contribution in [0.1, 0.15) is 52.7 Å². The van der Waals surface area contributed by atoms with E-state index in [1.807, 2.05) is 53.4 Å². The summed E-state index contributed by atoms with van der Waals surface area (Å²) in [6.45, 7) is 4.53. The van der Waals surface area contributed by atoms with Gasteiger partial charge in [0.25, 0.3) is 5.91 Å². The van der Waals surface area contributed by atoms with E-state index >= 15 is 0 Å². The molecule has 3 N–H and O–H groups in total. The molecule has 0 radical (unpaired) electrons. The Labute approximate surface area is 302 Å². The van der Waals surface area contributed by atoms with Crippen molar-refractivity contribution >= 4 is 46.7 Å². The van der Waals surface area contributed by atoms with Crippen LogP contribution in [0.3, 0.4) is 0 Å². The third-order valence-electron chi connectivity index (χ3n) is 8.50. The fraction of sp³-hybridized carbons (Fsp3) is 0.324. The molecule has 0 saturated carbocycles. The van der Waals surface area contributed by atoms with Crippen LogP contribution in [0.5, 0.6) is 0 Å². The van der Waals surface area contributed by atoms with Crippen molar-refractivity contribution in [3.8, 4) is 11.3 Å². The number of nitrogens with two attached hydrogens (primary N) is 1. The average molecular weight is 727 g/mol. The minimum Gasteiger partial charge on any atom is -0.351 e. The van der Waals surface area contributed by atoms with Gasteiger partial charge in [-0.1, -0.05) is 60.7 Å². The minimum absolute atomic E-state index is 0. The lowest BCUT2D eigenvalue weighted by molar-refractivity contribution is -0.131. The molecule has 49 heavy (non-hydrogen) atoms. The van der Waals surface area contributed by atoms with E-state index in [9.17, 15) is 18.0 Å². The number of benzene rings is 3. The third-order valence-corrected chi connectivity index (χ3v) is 9.43. The van der Waals surface area contributed by atoms with E-state index < -0.39 is 10.0 Å². The molecule has 0 bridgehead atoms. The molecule has 12 heteroatoms. The summed E-state index contributed by atoms with van der Waals surface area (Å²) < 4.78 is 23.3. The summed E-state index contributed by atoms with van der Waals surface area (Å²) in [6, 6.07) is 28.0. The Bertz CT molecular complexity index is 1750. The number of aromatic nitrogens is 1. The first-order valence-electron chi connectivity index (χ1n) is 16.2. The quantitative estimate of drug-likeness (QED) is 0.163. The molecular weight excluding hydrogens is 681 g/mol. The number of halogens is 2. The minimum atomic E-state index is -3.77. The topological polar surface area (TPSA) is 126 Å². The van der Waals surface area contributed by atoms with Gasteiger partial charge in [0.2, 0.25) is 15.9 Å². The first kappa shape index (κ1) is 39.6. The van der Waals surface area contributed by atoms with E-state index in [2.05, 4.69) is 27.3 Å². The summed E-state index contributed by atoms with van der Waals surface area (Å²) in [6.07, 6.45) is 6.62. The van der Waals surface area contributed by atoms with Crippen LogP contribution in [0.4, 0.5) is 0 Å². The van der Waals surface area contributed by atoms with Crippen molar-refractivity contribution in [3.63, 3.8) is 0 Å². The maximum atomic E-state index is 13.6. The summed E-state index contributed by atoms with van der Waals surface area (Å²) in [5, 5.41) is 8.29. The number of pyridine rings is 1. The second-order valence-electron chi connectivity index (χ2n) is 12.0. The lowest BCUT2D eigenvalue weighted by Gasteiger charge is -2.23.